The van der Waals surface area contributed by atoms with Crippen molar-refractivity contribution < 1.29 is 14.6 Å². The maximum Gasteiger partial charge on any atom is 0.410 e. The first-order valence-electron chi connectivity index (χ1n) is 8.79. The third kappa shape index (κ3) is 3.27. The summed E-state index contributed by atoms with van der Waals surface area (Å²) in [5, 5.41) is 11.1. The second kappa shape index (κ2) is 6.86. The van der Waals surface area contributed by atoms with Crippen molar-refractivity contribution in [3.8, 4) is 11.8 Å². The Morgan fingerprint density at radius 2 is 2.29 bits per heavy atom. The van der Waals surface area contributed by atoms with Gasteiger partial charge in [-0.25, -0.2) is 4.79 Å². The van der Waals surface area contributed by atoms with Crippen molar-refractivity contribution in [3.05, 3.63) is 35.4 Å². The van der Waals surface area contributed by atoms with Crippen LogP contribution >= 0.6 is 0 Å². The Labute approximate surface area is 143 Å². The van der Waals surface area contributed by atoms with Crippen LogP contribution in [0.4, 0.5) is 4.79 Å². The SMILES string of the molecule is CCOC(=O)N1CCC2C1CCCC2(O)C#Cc1cccc(C)c1. The van der Waals surface area contributed by atoms with Crippen LogP contribution in [-0.2, 0) is 4.74 Å². The molecule has 4 heteroatoms. The summed E-state index contributed by atoms with van der Waals surface area (Å²) in [6, 6.07) is 8.03. The molecule has 2 fully saturated rings. The van der Waals surface area contributed by atoms with Gasteiger partial charge in [0.15, 0.2) is 0 Å². The van der Waals surface area contributed by atoms with E-state index in [1.54, 1.807) is 4.90 Å². The van der Waals surface area contributed by atoms with Crippen LogP contribution in [0.15, 0.2) is 24.3 Å². The standard InChI is InChI=1S/C20H25NO3/c1-3-24-19(22)21-13-10-17-18(21)8-5-11-20(17,23)12-9-16-7-4-6-15(2)14-16/h4,6-7,14,17-18,23H,3,5,8,10-11,13H2,1-2H3. The molecule has 1 N–H and O–H groups in total. The molecule has 0 radical (unpaired) electrons. The van der Waals surface area contributed by atoms with E-state index >= 15 is 0 Å². The minimum atomic E-state index is -1.02. The lowest BCUT2D eigenvalue weighted by molar-refractivity contribution is -0.0145. The predicted molar refractivity (Wildman–Crippen MR) is 92.5 cm³/mol. The van der Waals surface area contributed by atoms with E-state index in [2.05, 4.69) is 11.8 Å². The number of hydrogen-bond donors (Lipinski definition) is 1. The van der Waals surface area contributed by atoms with Gasteiger partial charge in [0.25, 0.3) is 0 Å². The number of rotatable bonds is 1. The summed E-state index contributed by atoms with van der Waals surface area (Å²) in [6.07, 6.45) is 2.97. The molecule has 1 saturated carbocycles. The number of aliphatic hydroxyl groups is 1. The molecule has 0 bridgehead atoms. The van der Waals surface area contributed by atoms with Crippen LogP contribution in [0.25, 0.3) is 0 Å². The summed E-state index contributed by atoms with van der Waals surface area (Å²) >= 11 is 0. The van der Waals surface area contributed by atoms with Crippen LogP contribution in [0.3, 0.4) is 0 Å². The zero-order chi connectivity index (χ0) is 17.2. The van der Waals surface area contributed by atoms with Gasteiger partial charge in [-0.05, 0) is 57.2 Å². The van der Waals surface area contributed by atoms with Gasteiger partial charge in [0, 0.05) is 24.1 Å². The fourth-order valence-electron chi connectivity index (χ4n) is 4.03. The lowest BCUT2D eigenvalue weighted by Gasteiger charge is -2.39. The van der Waals surface area contributed by atoms with Crippen LogP contribution < -0.4 is 0 Å². The van der Waals surface area contributed by atoms with E-state index in [0.717, 1.165) is 30.4 Å². The minimum Gasteiger partial charge on any atom is -0.450 e. The van der Waals surface area contributed by atoms with E-state index in [0.29, 0.717) is 19.6 Å². The number of likely N-dealkylation sites (tertiary alicyclic amines) is 1. The molecule has 1 heterocycles. The van der Waals surface area contributed by atoms with Crippen molar-refractivity contribution in [1.29, 1.82) is 0 Å². The van der Waals surface area contributed by atoms with E-state index in [9.17, 15) is 9.90 Å². The Morgan fingerprint density at radius 1 is 1.46 bits per heavy atom. The van der Waals surface area contributed by atoms with Gasteiger partial charge < -0.3 is 14.7 Å². The Balaban J connectivity index is 1.80. The number of ether oxygens (including phenoxy) is 1. The molecule has 1 aromatic carbocycles. The molecule has 3 rings (SSSR count). The normalized spacial score (nSPS) is 28.7. The quantitative estimate of drug-likeness (QED) is 0.806. The van der Waals surface area contributed by atoms with Crippen LogP contribution in [-0.4, -0.2) is 40.9 Å². The Bertz CT molecular complexity index is 675. The average molecular weight is 327 g/mol. The monoisotopic (exact) mass is 327 g/mol. The number of carbonyl (C=O) groups excluding carboxylic acids is 1. The van der Waals surface area contributed by atoms with Gasteiger partial charge in [0.05, 0.1) is 6.61 Å². The van der Waals surface area contributed by atoms with E-state index < -0.39 is 5.60 Å². The lowest BCUT2D eigenvalue weighted by atomic mass is 9.73. The Kier molecular flexibility index (Phi) is 4.82. The van der Waals surface area contributed by atoms with Gasteiger partial charge in [-0.2, -0.15) is 0 Å². The molecule has 0 spiro atoms. The second-order valence-electron chi connectivity index (χ2n) is 6.79. The third-order valence-corrected chi connectivity index (χ3v) is 5.16. The zero-order valence-electron chi connectivity index (χ0n) is 14.4. The summed E-state index contributed by atoms with van der Waals surface area (Å²) in [4.78, 5) is 13.9. The van der Waals surface area contributed by atoms with E-state index in [1.807, 2.05) is 38.1 Å². The topological polar surface area (TPSA) is 49.8 Å². The molecule has 1 aromatic rings. The largest absolute Gasteiger partial charge is 0.450 e. The first-order chi connectivity index (χ1) is 11.5. The van der Waals surface area contributed by atoms with Crippen molar-refractivity contribution in [1.82, 2.24) is 4.90 Å². The highest BCUT2D eigenvalue weighted by Crippen LogP contribution is 2.42. The lowest BCUT2D eigenvalue weighted by Crippen LogP contribution is -2.49. The molecule has 24 heavy (non-hydrogen) atoms. The van der Waals surface area contributed by atoms with Crippen molar-refractivity contribution >= 4 is 6.09 Å². The summed E-state index contributed by atoms with van der Waals surface area (Å²) < 4.78 is 5.15. The number of benzene rings is 1. The molecule has 1 aliphatic carbocycles. The fourth-order valence-corrected chi connectivity index (χ4v) is 4.03. The molecule has 2 aliphatic rings. The van der Waals surface area contributed by atoms with E-state index in [1.165, 1.54) is 0 Å². The highest BCUT2D eigenvalue weighted by atomic mass is 16.6. The van der Waals surface area contributed by atoms with Crippen LogP contribution in [0.2, 0.25) is 0 Å². The highest BCUT2D eigenvalue weighted by molar-refractivity contribution is 5.68. The van der Waals surface area contributed by atoms with Gasteiger partial charge in [0.2, 0.25) is 0 Å². The Hall–Kier alpha value is -1.99. The first-order valence-corrected chi connectivity index (χ1v) is 8.79. The molecule has 1 aliphatic heterocycles. The number of fused-ring (bicyclic) bond motifs is 1. The molecule has 3 unspecified atom stereocenters. The maximum atomic E-state index is 12.1. The summed E-state index contributed by atoms with van der Waals surface area (Å²) in [5.74, 6) is 6.28. The second-order valence-corrected chi connectivity index (χ2v) is 6.79. The number of carbonyl (C=O) groups is 1. The Morgan fingerprint density at radius 3 is 3.04 bits per heavy atom. The number of amides is 1. The summed E-state index contributed by atoms with van der Waals surface area (Å²) in [5.41, 5.74) is 1.06. The molecule has 128 valence electrons. The highest BCUT2D eigenvalue weighted by Gasteiger charge is 2.50. The van der Waals surface area contributed by atoms with Crippen LogP contribution in [0.1, 0.15) is 43.7 Å². The molecule has 4 nitrogen and oxygen atoms in total. The minimum absolute atomic E-state index is 0.00738. The predicted octanol–water partition coefficient (Wildman–Crippen LogP) is 3.11. The molecule has 1 saturated heterocycles. The van der Waals surface area contributed by atoms with Crippen molar-refractivity contribution in [2.24, 2.45) is 5.92 Å². The fraction of sp³-hybridized carbons (Fsp3) is 0.550. The van der Waals surface area contributed by atoms with Gasteiger partial charge in [-0.15, -0.1) is 0 Å². The smallest absolute Gasteiger partial charge is 0.410 e. The molecule has 0 aromatic heterocycles. The van der Waals surface area contributed by atoms with Crippen molar-refractivity contribution in [2.75, 3.05) is 13.2 Å². The van der Waals surface area contributed by atoms with E-state index in [4.69, 9.17) is 4.74 Å². The van der Waals surface area contributed by atoms with Gasteiger partial charge in [-0.3, -0.25) is 0 Å². The first kappa shape index (κ1) is 16.9. The van der Waals surface area contributed by atoms with Gasteiger partial charge in [0.1, 0.15) is 5.60 Å². The molecule has 3 atom stereocenters. The number of hydrogen-bond acceptors (Lipinski definition) is 3. The average Bonchev–Trinajstić information content (AvgIpc) is 2.99. The number of aryl methyl sites for hydroxylation is 1. The third-order valence-electron chi connectivity index (χ3n) is 5.16. The summed E-state index contributed by atoms with van der Waals surface area (Å²) in [7, 11) is 0. The zero-order valence-corrected chi connectivity index (χ0v) is 14.4. The van der Waals surface area contributed by atoms with Gasteiger partial charge >= 0.3 is 6.09 Å². The van der Waals surface area contributed by atoms with Crippen LogP contribution in [0.5, 0.6) is 0 Å². The molecular weight excluding hydrogens is 302 g/mol. The van der Waals surface area contributed by atoms with Crippen molar-refractivity contribution in [2.45, 2.75) is 51.2 Å². The molecule has 1 amide bonds. The van der Waals surface area contributed by atoms with Crippen molar-refractivity contribution in [3.63, 3.8) is 0 Å². The molecular formula is C20H25NO3. The van der Waals surface area contributed by atoms with E-state index in [-0.39, 0.29) is 18.1 Å². The van der Waals surface area contributed by atoms with Crippen LogP contribution in [0, 0.1) is 24.7 Å². The maximum absolute atomic E-state index is 12.1. The van der Waals surface area contributed by atoms with Gasteiger partial charge in [-0.1, -0.05) is 24.0 Å². The number of nitrogens with zero attached hydrogens (tertiary/aromatic N) is 1. The summed E-state index contributed by atoms with van der Waals surface area (Å²) in [6.45, 7) is 4.87.